The fraction of sp³-hybridized carbons (Fsp3) is 0.462. The lowest BCUT2D eigenvalue weighted by Crippen LogP contribution is -2.23. The maximum atomic E-state index is 4.41. The van der Waals surface area contributed by atoms with Gasteiger partial charge < -0.3 is 5.32 Å². The second-order valence-electron chi connectivity index (χ2n) is 4.66. The van der Waals surface area contributed by atoms with Crippen LogP contribution in [-0.4, -0.2) is 25.8 Å². The van der Waals surface area contributed by atoms with Gasteiger partial charge >= 0.3 is 0 Å². The minimum atomic E-state index is 0.449. The van der Waals surface area contributed by atoms with E-state index in [1.165, 1.54) is 5.56 Å². The lowest BCUT2D eigenvalue weighted by molar-refractivity contribution is 0.585. The molecule has 5 nitrogen and oxygen atoms in total. The van der Waals surface area contributed by atoms with Crippen molar-refractivity contribution < 1.29 is 0 Å². The summed E-state index contributed by atoms with van der Waals surface area (Å²) in [7, 11) is 0. The number of aromatic nitrogens is 4. The first-order valence-corrected chi connectivity index (χ1v) is 6.15. The van der Waals surface area contributed by atoms with E-state index in [0.717, 1.165) is 23.9 Å². The van der Waals surface area contributed by atoms with Gasteiger partial charge in [-0.25, -0.2) is 9.67 Å². The van der Waals surface area contributed by atoms with Crippen molar-refractivity contribution in [3.05, 3.63) is 35.7 Å². The lowest BCUT2D eigenvalue weighted by atomic mass is 10.2. The summed E-state index contributed by atoms with van der Waals surface area (Å²) in [5.74, 6) is 1.66. The molecule has 2 rings (SSSR count). The summed E-state index contributed by atoms with van der Waals surface area (Å²) in [4.78, 5) is 8.51. The molecular formula is C13H19N5. The third-order valence-electron chi connectivity index (χ3n) is 2.69. The highest BCUT2D eigenvalue weighted by Gasteiger charge is 2.10. The number of hydrogen-bond donors (Lipinski definition) is 1. The van der Waals surface area contributed by atoms with Crippen LogP contribution >= 0.6 is 0 Å². The minimum Gasteiger partial charge on any atom is -0.310 e. The van der Waals surface area contributed by atoms with Crippen LogP contribution in [0.1, 0.15) is 31.1 Å². The molecule has 0 spiro atoms. The van der Waals surface area contributed by atoms with Crippen LogP contribution in [0.3, 0.4) is 0 Å². The predicted octanol–water partition coefficient (Wildman–Crippen LogP) is 1.78. The maximum Gasteiger partial charge on any atom is 0.148 e. The van der Waals surface area contributed by atoms with Gasteiger partial charge in [-0.3, -0.25) is 4.98 Å². The van der Waals surface area contributed by atoms with Gasteiger partial charge in [0, 0.05) is 18.8 Å². The van der Waals surface area contributed by atoms with Crippen molar-refractivity contribution >= 4 is 0 Å². The number of hydrogen-bond acceptors (Lipinski definition) is 4. The quantitative estimate of drug-likeness (QED) is 0.892. The molecule has 2 aromatic rings. The number of nitrogens with zero attached hydrogens (tertiary/aromatic N) is 4. The predicted molar refractivity (Wildman–Crippen MR) is 70.6 cm³/mol. The largest absolute Gasteiger partial charge is 0.310 e. The molecular weight excluding hydrogens is 226 g/mol. The van der Waals surface area contributed by atoms with Crippen LogP contribution in [0, 0.1) is 13.8 Å². The van der Waals surface area contributed by atoms with E-state index in [9.17, 15) is 0 Å². The van der Waals surface area contributed by atoms with Crippen LogP contribution in [0.15, 0.2) is 18.5 Å². The lowest BCUT2D eigenvalue weighted by Gasteiger charge is -2.12. The van der Waals surface area contributed by atoms with Crippen LogP contribution in [0.5, 0.6) is 0 Å². The number of aryl methyl sites for hydroxylation is 2. The zero-order valence-corrected chi connectivity index (χ0v) is 11.3. The van der Waals surface area contributed by atoms with Gasteiger partial charge in [0.05, 0.1) is 11.9 Å². The van der Waals surface area contributed by atoms with Crippen molar-refractivity contribution in [2.75, 3.05) is 0 Å². The van der Waals surface area contributed by atoms with E-state index in [0.29, 0.717) is 6.04 Å². The molecule has 18 heavy (non-hydrogen) atoms. The van der Waals surface area contributed by atoms with Crippen LogP contribution < -0.4 is 5.32 Å². The van der Waals surface area contributed by atoms with E-state index in [-0.39, 0.29) is 0 Å². The van der Waals surface area contributed by atoms with Crippen LogP contribution in [0.4, 0.5) is 0 Å². The van der Waals surface area contributed by atoms with Gasteiger partial charge in [0.1, 0.15) is 11.6 Å². The Morgan fingerprint density at radius 3 is 2.72 bits per heavy atom. The summed E-state index contributed by atoms with van der Waals surface area (Å²) in [6, 6.07) is 2.46. The van der Waals surface area contributed by atoms with Gasteiger partial charge in [-0.1, -0.05) is 13.8 Å². The molecule has 5 heteroatoms. The Hall–Kier alpha value is -1.75. The molecule has 0 aliphatic rings. The SMILES string of the molecule is Cc1nc(C)n(-c2cnccc2CNC(C)C)n1. The number of nitrogens with one attached hydrogen (secondary N) is 1. The Bertz CT molecular complexity index is 530. The maximum absolute atomic E-state index is 4.41. The van der Waals surface area contributed by atoms with Gasteiger partial charge in [-0.15, -0.1) is 0 Å². The molecule has 0 amide bonds. The van der Waals surface area contributed by atoms with Gasteiger partial charge in [0.25, 0.3) is 0 Å². The van der Waals surface area contributed by atoms with E-state index in [1.54, 1.807) is 6.20 Å². The molecule has 0 bridgehead atoms. The van der Waals surface area contributed by atoms with E-state index >= 15 is 0 Å². The summed E-state index contributed by atoms with van der Waals surface area (Å²) in [5.41, 5.74) is 2.16. The molecule has 0 fully saturated rings. The fourth-order valence-electron chi connectivity index (χ4n) is 1.82. The molecule has 2 heterocycles. The van der Waals surface area contributed by atoms with Gasteiger partial charge in [0.2, 0.25) is 0 Å². The highest BCUT2D eigenvalue weighted by molar-refractivity contribution is 5.38. The highest BCUT2D eigenvalue weighted by atomic mass is 15.3. The molecule has 1 N–H and O–H groups in total. The number of pyridine rings is 1. The second-order valence-corrected chi connectivity index (χ2v) is 4.66. The molecule has 0 atom stereocenters. The Kier molecular flexibility index (Phi) is 3.72. The van der Waals surface area contributed by atoms with Crippen LogP contribution in [0.2, 0.25) is 0 Å². The molecule has 0 aromatic carbocycles. The Balaban J connectivity index is 2.35. The molecule has 2 aromatic heterocycles. The molecule has 0 aliphatic carbocycles. The average molecular weight is 245 g/mol. The smallest absolute Gasteiger partial charge is 0.148 e. The second kappa shape index (κ2) is 5.27. The Morgan fingerprint density at radius 1 is 1.33 bits per heavy atom. The molecule has 0 saturated carbocycles. The zero-order valence-electron chi connectivity index (χ0n) is 11.3. The molecule has 0 unspecified atom stereocenters. The molecule has 0 saturated heterocycles. The third-order valence-corrected chi connectivity index (χ3v) is 2.69. The fourth-order valence-corrected chi connectivity index (χ4v) is 1.82. The standard InChI is InChI=1S/C13H19N5/c1-9(2)15-7-12-5-6-14-8-13(12)18-11(4)16-10(3)17-18/h5-6,8-9,15H,7H2,1-4H3. The summed E-state index contributed by atoms with van der Waals surface area (Å²) in [6.07, 6.45) is 3.64. The third kappa shape index (κ3) is 2.73. The number of rotatable bonds is 4. The van der Waals surface area contributed by atoms with Crippen molar-refractivity contribution in [1.82, 2.24) is 25.1 Å². The van der Waals surface area contributed by atoms with Crippen LogP contribution in [-0.2, 0) is 6.54 Å². The van der Waals surface area contributed by atoms with Crippen molar-refractivity contribution in [3.63, 3.8) is 0 Å². The van der Waals surface area contributed by atoms with Crippen LogP contribution in [0.25, 0.3) is 5.69 Å². The highest BCUT2D eigenvalue weighted by Crippen LogP contribution is 2.14. The van der Waals surface area contributed by atoms with Gasteiger partial charge in [-0.2, -0.15) is 5.10 Å². The minimum absolute atomic E-state index is 0.449. The summed E-state index contributed by atoms with van der Waals surface area (Å²) in [6.45, 7) is 8.91. The molecule has 96 valence electrons. The van der Waals surface area contributed by atoms with E-state index in [2.05, 4.69) is 34.2 Å². The zero-order chi connectivity index (χ0) is 13.1. The van der Waals surface area contributed by atoms with Gasteiger partial charge in [0.15, 0.2) is 0 Å². The van der Waals surface area contributed by atoms with Crippen molar-refractivity contribution in [2.24, 2.45) is 0 Å². The van der Waals surface area contributed by atoms with Crippen molar-refractivity contribution in [1.29, 1.82) is 0 Å². The summed E-state index contributed by atoms with van der Waals surface area (Å²) >= 11 is 0. The summed E-state index contributed by atoms with van der Waals surface area (Å²) in [5, 5.41) is 7.81. The first kappa shape index (κ1) is 12.7. The average Bonchev–Trinajstić information content (AvgIpc) is 2.66. The first-order chi connectivity index (χ1) is 8.58. The van der Waals surface area contributed by atoms with Crippen molar-refractivity contribution in [3.8, 4) is 5.69 Å². The van der Waals surface area contributed by atoms with E-state index in [1.807, 2.05) is 30.8 Å². The van der Waals surface area contributed by atoms with Crippen molar-refractivity contribution in [2.45, 2.75) is 40.3 Å². The normalized spacial score (nSPS) is 11.2. The summed E-state index contributed by atoms with van der Waals surface area (Å²) < 4.78 is 1.85. The van der Waals surface area contributed by atoms with Gasteiger partial charge in [-0.05, 0) is 25.5 Å². The molecule has 0 radical (unpaired) electrons. The molecule has 0 aliphatic heterocycles. The Labute approximate surface area is 107 Å². The Morgan fingerprint density at radius 2 is 2.11 bits per heavy atom. The van der Waals surface area contributed by atoms with E-state index < -0.39 is 0 Å². The topological polar surface area (TPSA) is 55.6 Å². The monoisotopic (exact) mass is 245 g/mol. The van der Waals surface area contributed by atoms with E-state index in [4.69, 9.17) is 0 Å². The first-order valence-electron chi connectivity index (χ1n) is 6.15.